The van der Waals surface area contributed by atoms with Crippen LogP contribution < -0.4 is 10.6 Å². The molecular weight excluding hydrogens is 290 g/mol. The highest BCUT2D eigenvalue weighted by Crippen LogP contribution is 2.34. The standard InChI is InChI=1S/C18H33N3O2/c1-12-9-14(11-21(12)15-7-8-15)19-10-16(13-5-6-13)20-17(22)23-18(2,3)4/h12-16,19H,5-11H2,1-4H3,(H,20,22). The number of hydrogen-bond acceptors (Lipinski definition) is 4. The smallest absolute Gasteiger partial charge is 0.407 e. The van der Waals surface area contributed by atoms with E-state index in [1.807, 2.05) is 20.8 Å². The number of nitrogens with zero attached hydrogens (tertiary/aromatic N) is 1. The molecule has 0 aromatic carbocycles. The highest BCUT2D eigenvalue weighted by Gasteiger charge is 2.39. The fraction of sp³-hybridized carbons (Fsp3) is 0.944. The second-order valence-corrected chi connectivity index (χ2v) is 8.71. The van der Waals surface area contributed by atoms with E-state index in [0.717, 1.165) is 19.1 Å². The van der Waals surface area contributed by atoms with Crippen LogP contribution in [-0.4, -0.2) is 53.9 Å². The van der Waals surface area contributed by atoms with Gasteiger partial charge in [-0.05, 0) is 65.7 Å². The van der Waals surface area contributed by atoms with Gasteiger partial charge in [0.2, 0.25) is 0 Å². The maximum absolute atomic E-state index is 12.0. The normalized spacial score (nSPS) is 30.3. The van der Waals surface area contributed by atoms with Gasteiger partial charge in [0, 0.05) is 37.3 Å². The second-order valence-electron chi connectivity index (χ2n) is 8.71. The molecular formula is C18H33N3O2. The molecule has 5 nitrogen and oxygen atoms in total. The lowest BCUT2D eigenvalue weighted by atomic mass is 10.1. The first-order valence-corrected chi connectivity index (χ1v) is 9.30. The van der Waals surface area contributed by atoms with Crippen molar-refractivity contribution in [3.05, 3.63) is 0 Å². The highest BCUT2D eigenvalue weighted by atomic mass is 16.6. The molecule has 2 N–H and O–H groups in total. The average Bonchev–Trinajstić information content (AvgIpc) is 3.31. The van der Waals surface area contributed by atoms with Crippen LogP contribution in [0.2, 0.25) is 0 Å². The maximum atomic E-state index is 12.0. The number of nitrogens with one attached hydrogen (secondary N) is 2. The first-order chi connectivity index (χ1) is 10.8. The minimum Gasteiger partial charge on any atom is -0.444 e. The van der Waals surface area contributed by atoms with Gasteiger partial charge in [0.05, 0.1) is 0 Å². The van der Waals surface area contributed by atoms with Crippen molar-refractivity contribution >= 4 is 6.09 Å². The van der Waals surface area contributed by atoms with Crippen LogP contribution in [0.15, 0.2) is 0 Å². The van der Waals surface area contributed by atoms with Crippen LogP contribution in [-0.2, 0) is 4.74 Å². The van der Waals surface area contributed by atoms with E-state index in [2.05, 4.69) is 22.5 Å². The van der Waals surface area contributed by atoms with E-state index >= 15 is 0 Å². The molecule has 1 amide bonds. The van der Waals surface area contributed by atoms with Crippen molar-refractivity contribution in [3.63, 3.8) is 0 Å². The van der Waals surface area contributed by atoms with E-state index in [9.17, 15) is 4.79 Å². The molecule has 0 aromatic heterocycles. The van der Waals surface area contributed by atoms with E-state index in [-0.39, 0.29) is 12.1 Å². The first kappa shape index (κ1) is 17.0. The summed E-state index contributed by atoms with van der Waals surface area (Å²) in [6.07, 6.45) is 6.13. The molecule has 3 aliphatic rings. The fourth-order valence-corrected chi connectivity index (χ4v) is 3.71. The zero-order valence-electron chi connectivity index (χ0n) is 15.1. The topological polar surface area (TPSA) is 53.6 Å². The van der Waals surface area contributed by atoms with Crippen molar-refractivity contribution in [2.24, 2.45) is 5.92 Å². The maximum Gasteiger partial charge on any atom is 0.407 e. The zero-order chi connectivity index (χ0) is 16.6. The summed E-state index contributed by atoms with van der Waals surface area (Å²) in [5.74, 6) is 0.619. The molecule has 0 bridgehead atoms. The van der Waals surface area contributed by atoms with Gasteiger partial charge in [0.15, 0.2) is 0 Å². The molecule has 3 unspecified atom stereocenters. The third-order valence-corrected chi connectivity index (χ3v) is 5.16. The summed E-state index contributed by atoms with van der Waals surface area (Å²) in [5, 5.41) is 6.78. The molecule has 0 aromatic rings. The average molecular weight is 323 g/mol. The van der Waals surface area contributed by atoms with E-state index in [1.165, 1.54) is 32.1 Å². The fourth-order valence-electron chi connectivity index (χ4n) is 3.71. The molecule has 3 fully saturated rings. The van der Waals surface area contributed by atoms with Gasteiger partial charge in [0.1, 0.15) is 5.60 Å². The third kappa shape index (κ3) is 5.08. The van der Waals surface area contributed by atoms with Crippen LogP contribution in [0.4, 0.5) is 4.79 Å². The summed E-state index contributed by atoms with van der Waals surface area (Å²) in [4.78, 5) is 14.7. The summed E-state index contributed by atoms with van der Waals surface area (Å²) in [7, 11) is 0. The Morgan fingerprint density at radius 2 is 1.96 bits per heavy atom. The summed E-state index contributed by atoms with van der Waals surface area (Å²) >= 11 is 0. The molecule has 132 valence electrons. The Morgan fingerprint density at radius 3 is 2.52 bits per heavy atom. The Hall–Kier alpha value is -0.810. The number of amides is 1. The van der Waals surface area contributed by atoms with E-state index in [4.69, 9.17) is 4.74 Å². The van der Waals surface area contributed by atoms with Crippen LogP contribution in [0.1, 0.15) is 59.8 Å². The molecule has 2 aliphatic carbocycles. The zero-order valence-corrected chi connectivity index (χ0v) is 15.1. The molecule has 0 spiro atoms. The summed E-state index contributed by atoms with van der Waals surface area (Å²) in [6.45, 7) is 10.1. The van der Waals surface area contributed by atoms with Crippen LogP contribution in [0.3, 0.4) is 0 Å². The predicted octanol–water partition coefficient (Wildman–Crippen LogP) is 2.50. The minimum atomic E-state index is -0.433. The van der Waals surface area contributed by atoms with Gasteiger partial charge in [-0.1, -0.05) is 0 Å². The minimum absolute atomic E-state index is 0.204. The van der Waals surface area contributed by atoms with Crippen LogP contribution in [0.5, 0.6) is 0 Å². The Balaban J connectivity index is 1.44. The van der Waals surface area contributed by atoms with Crippen molar-refractivity contribution in [1.82, 2.24) is 15.5 Å². The Kier molecular flexibility index (Phi) is 4.88. The van der Waals surface area contributed by atoms with Gasteiger partial charge in [0.25, 0.3) is 0 Å². The summed E-state index contributed by atoms with van der Waals surface area (Å²) in [6, 6.07) is 2.30. The molecule has 3 atom stereocenters. The monoisotopic (exact) mass is 323 g/mol. The van der Waals surface area contributed by atoms with Crippen LogP contribution >= 0.6 is 0 Å². The molecule has 23 heavy (non-hydrogen) atoms. The first-order valence-electron chi connectivity index (χ1n) is 9.30. The van der Waals surface area contributed by atoms with Gasteiger partial charge < -0.3 is 15.4 Å². The van der Waals surface area contributed by atoms with E-state index in [0.29, 0.717) is 18.0 Å². The van der Waals surface area contributed by atoms with Crippen molar-refractivity contribution < 1.29 is 9.53 Å². The van der Waals surface area contributed by atoms with Gasteiger partial charge in [-0.25, -0.2) is 4.79 Å². The van der Waals surface area contributed by atoms with Gasteiger partial charge in [-0.2, -0.15) is 0 Å². The van der Waals surface area contributed by atoms with E-state index in [1.54, 1.807) is 0 Å². The van der Waals surface area contributed by atoms with Crippen molar-refractivity contribution in [2.75, 3.05) is 13.1 Å². The lowest BCUT2D eigenvalue weighted by Gasteiger charge is -2.25. The van der Waals surface area contributed by atoms with Crippen molar-refractivity contribution in [3.8, 4) is 0 Å². The Morgan fingerprint density at radius 1 is 1.26 bits per heavy atom. The lowest BCUT2D eigenvalue weighted by molar-refractivity contribution is 0.0496. The summed E-state index contributed by atoms with van der Waals surface area (Å²) in [5.41, 5.74) is -0.433. The molecule has 1 heterocycles. The number of hydrogen-bond donors (Lipinski definition) is 2. The molecule has 3 rings (SSSR count). The second kappa shape index (κ2) is 6.60. The number of ether oxygens (including phenoxy) is 1. The largest absolute Gasteiger partial charge is 0.444 e. The molecule has 0 radical (unpaired) electrons. The van der Waals surface area contributed by atoms with Gasteiger partial charge in [-0.3, -0.25) is 4.90 Å². The van der Waals surface area contributed by atoms with Crippen LogP contribution in [0.25, 0.3) is 0 Å². The Labute approximate surface area is 140 Å². The molecule has 1 saturated heterocycles. The lowest BCUT2D eigenvalue weighted by Crippen LogP contribution is -2.48. The number of alkyl carbamates (subject to hydrolysis) is 1. The molecule has 1 aliphatic heterocycles. The Bertz CT molecular complexity index is 426. The third-order valence-electron chi connectivity index (χ3n) is 5.16. The number of rotatable bonds is 6. The van der Waals surface area contributed by atoms with Crippen molar-refractivity contribution in [2.45, 2.75) is 89.6 Å². The SMILES string of the molecule is CC1CC(NCC(NC(=O)OC(C)(C)C)C2CC2)CN1C1CC1. The van der Waals surface area contributed by atoms with Gasteiger partial charge in [-0.15, -0.1) is 0 Å². The van der Waals surface area contributed by atoms with Crippen molar-refractivity contribution in [1.29, 1.82) is 0 Å². The predicted molar refractivity (Wildman–Crippen MR) is 91.5 cm³/mol. The highest BCUT2D eigenvalue weighted by molar-refractivity contribution is 5.68. The van der Waals surface area contributed by atoms with E-state index < -0.39 is 5.60 Å². The number of carbonyl (C=O) groups excluding carboxylic acids is 1. The number of likely N-dealkylation sites (tertiary alicyclic amines) is 1. The molecule has 2 saturated carbocycles. The van der Waals surface area contributed by atoms with Crippen LogP contribution in [0, 0.1) is 5.92 Å². The summed E-state index contributed by atoms with van der Waals surface area (Å²) < 4.78 is 5.41. The quantitative estimate of drug-likeness (QED) is 0.788. The molecule has 5 heteroatoms. The van der Waals surface area contributed by atoms with Gasteiger partial charge >= 0.3 is 6.09 Å². The number of carbonyl (C=O) groups is 1.